The minimum absolute atomic E-state index is 0.0537. The van der Waals surface area contributed by atoms with Crippen LogP contribution in [-0.4, -0.2) is 53.4 Å². The van der Waals surface area contributed by atoms with Crippen LogP contribution in [0, 0.1) is 17.0 Å². The molecule has 0 saturated carbocycles. The first kappa shape index (κ1) is 15.1. The van der Waals surface area contributed by atoms with E-state index in [-0.39, 0.29) is 36.4 Å². The molecule has 0 aromatic carbocycles. The third kappa shape index (κ3) is 3.73. The highest BCUT2D eigenvalue weighted by atomic mass is 16.6. The molecule has 1 atom stereocenters. The van der Waals surface area contributed by atoms with Crippen LogP contribution in [0.15, 0.2) is 0 Å². The zero-order valence-electron chi connectivity index (χ0n) is 11.0. The summed E-state index contributed by atoms with van der Waals surface area (Å²) in [6, 6.07) is -0.484. The second-order valence-electron chi connectivity index (χ2n) is 3.82. The molecule has 9 nitrogen and oxygen atoms in total. The molecular weight excluding hydrogens is 254 g/mol. The highest BCUT2D eigenvalue weighted by Gasteiger charge is 2.23. The summed E-state index contributed by atoms with van der Waals surface area (Å²) < 4.78 is 4.90. The third-order valence-electron chi connectivity index (χ3n) is 2.39. The van der Waals surface area contributed by atoms with Crippen molar-refractivity contribution >= 4 is 17.5 Å². The van der Waals surface area contributed by atoms with Crippen LogP contribution in [0.4, 0.5) is 17.5 Å². The van der Waals surface area contributed by atoms with E-state index in [1.54, 1.807) is 7.05 Å². The van der Waals surface area contributed by atoms with Gasteiger partial charge in [-0.05, 0) is 6.92 Å². The van der Waals surface area contributed by atoms with Crippen LogP contribution in [0.5, 0.6) is 0 Å². The van der Waals surface area contributed by atoms with Crippen LogP contribution in [0.25, 0.3) is 0 Å². The van der Waals surface area contributed by atoms with E-state index in [0.29, 0.717) is 0 Å². The lowest BCUT2D eigenvalue weighted by Crippen LogP contribution is -2.30. The molecule has 0 aliphatic heterocycles. The predicted octanol–water partition coefficient (Wildman–Crippen LogP) is 0.154. The van der Waals surface area contributed by atoms with Gasteiger partial charge >= 0.3 is 5.69 Å². The van der Waals surface area contributed by atoms with E-state index in [1.807, 2.05) is 0 Å². The molecule has 19 heavy (non-hydrogen) atoms. The minimum Gasteiger partial charge on any atom is -0.394 e. The number of hydrogen-bond acceptors (Lipinski definition) is 8. The lowest BCUT2D eigenvalue weighted by atomic mass is 10.3. The first-order valence-electron chi connectivity index (χ1n) is 5.60. The summed E-state index contributed by atoms with van der Waals surface area (Å²) in [6.07, 6.45) is 0. The Morgan fingerprint density at radius 3 is 2.68 bits per heavy atom. The Balaban J connectivity index is 3.15. The number of nitro groups is 1. The maximum Gasteiger partial charge on any atom is 0.332 e. The van der Waals surface area contributed by atoms with Crippen LogP contribution < -0.4 is 10.6 Å². The van der Waals surface area contributed by atoms with Crippen LogP contribution in [0.3, 0.4) is 0 Å². The van der Waals surface area contributed by atoms with Crippen LogP contribution in [0.1, 0.15) is 5.69 Å². The molecule has 1 heterocycles. The number of hydrogen-bond donors (Lipinski definition) is 3. The Kier molecular flexibility index (Phi) is 5.39. The Bertz CT molecular complexity index is 454. The van der Waals surface area contributed by atoms with Gasteiger partial charge in [0.15, 0.2) is 0 Å². The molecule has 1 rings (SSSR count). The molecule has 0 saturated heterocycles. The first-order valence-corrected chi connectivity index (χ1v) is 5.60. The van der Waals surface area contributed by atoms with Gasteiger partial charge in [-0.1, -0.05) is 0 Å². The lowest BCUT2D eigenvalue weighted by Gasteiger charge is -2.16. The molecule has 1 aromatic rings. The van der Waals surface area contributed by atoms with Gasteiger partial charge in [0.2, 0.25) is 11.8 Å². The van der Waals surface area contributed by atoms with Crippen molar-refractivity contribution in [3.63, 3.8) is 0 Å². The number of nitrogens with one attached hydrogen (secondary N) is 2. The highest BCUT2D eigenvalue weighted by molar-refractivity contribution is 5.61. The van der Waals surface area contributed by atoms with Crippen molar-refractivity contribution in [3.05, 3.63) is 15.8 Å². The molecule has 0 aliphatic carbocycles. The molecule has 0 spiro atoms. The predicted molar refractivity (Wildman–Crippen MR) is 69.3 cm³/mol. The Morgan fingerprint density at radius 1 is 1.53 bits per heavy atom. The van der Waals surface area contributed by atoms with Crippen molar-refractivity contribution in [1.82, 2.24) is 9.97 Å². The summed E-state index contributed by atoms with van der Waals surface area (Å²) >= 11 is 0. The minimum atomic E-state index is -0.557. The van der Waals surface area contributed by atoms with Crippen molar-refractivity contribution in [2.75, 3.05) is 38.0 Å². The number of aromatic nitrogens is 2. The quantitative estimate of drug-likeness (QED) is 0.473. The van der Waals surface area contributed by atoms with Crippen LogP contribution in [-0.2, 0) is 4.74 Å². The Hall–Kier alpha value is -2.00. The fourth-order valence-electron chi connectivity index (χ4n) is 1.53. The molecule has 1 unspecified atom stereocenters. The number of rotatable bonds is 7. The van der Waals surface area contributed by atoms with E-state index in [4.69, 9.17) is 4.74 Å². The Morgan fingerprint density at radius 2 is 2.21 bits per heavy atom. The molecule has 106 valence electrons. The molecule has 3 N–H and O–H groups in total. The Labute approximate surface area is 110 Å². The SMILES string of the molecule is CNc1nc(C)c([N+](=O)[O-])c(NC(CO)COC)n1. The van der Waals surface area contributed by atoms with E-state index in [0.717, 1.165) is 0 Å². The van der Waals surface area contributed by atoms with Crippen molar-refractivity contribution in [1.29, 1.82) is 0 Å². The maximum atomic E-state index is 11.0. The summed E-state index contributed by atoms with van der Waals surface area (Å²) in [7, 11) is 3.09. The molecule has 0 aliphatic rings. The second kappa shape index (κ2) is 6.81. The monoisotopic (exact) mass is 271 g/mol. The average Bonchev–Trinajstić information content (AvgIpc) is 2.36. The molecule has 0 amide bonds. The molecule has 0 bridgehead atoms. The molecule has 9 heteroatoms. The topological polar surface area (TPSA) is 122 Å². The van der Waals surface area contributed by atoms with Gasteiger partial charge in [0.25, 0.3) is 0 Å². The molecule has 0 fully saturated rings. The first-order chi connectivity index (χ1) is 9.03. The van der Waals surface area contributed by atoms with Gasteiger partial charge in [-0.25, -0.2) is 4.98 Å². The average molecular weight is 271 g/mol. The number of nitrogens with zero attached hydrogens (tertiary/aromatic N) is 3. The maximum absolute atomic E-state index is 11.0. The summed E-state index contributed by atoms with van der Waals surface area (Å²) in [5, 5.41) is 25.7. The van der Waals surface area contributed by atoms with E-state index >= 15 is 0 Å². The number of aliphatic hydroxyl groups is 1. The van der Waals surface area contributed by atoms with E-state index in [2.05, 4.69) is 20.6 Å². The number of aryl methyl sites for hydroxylation is 1. The number of ether oxygens (including phenoxy) is 1. The normalized spacial score (nSPS) is 12.0. The number of aliphatic hydroxyl groups excluding tert-OH is 1. The largest absolute Gasteiger partial charge is 0.394 e. The molecule has 0 radical (unpaired) electrons. The fraction of sp³-hybridized carbons (Fsp3) is 0.600. The highest BCUT2D eigenvalue weighted by Crippen LogP contribution is 2.26. The number of methoxy groups -OCH3 is 1. The van der Waals surface area contributed by atoms with Gasteiger partial charge in [0.05, 0.1) is 24.2 Å². The van der Waals surface area contributed by atoms with Gasteiger partial charge in [-0.15, -0.1) is 0 Å². The lowest BCUT2D eigenvalue weighted by molar-refractivity contribution is -0.385. The summed E-state index contributed by atoms with van der Waals surface area (Å²) in [5.41, 5.74) is 0.0227. The van der Waals surface area contributed by atoms with Crippen molar-refractivity contribution in [2.24, 2.45) is 0 Å². The van der Waals surface area contributed by atoms with Gasteiger partial charge < -0.3 is 20.5 Å². The van der Waals surface area contributed by atoms with E-state index < -0.39 is 11.0 Å². The van der Waals surface area contributed by atoms with Gasteiger partial charge in [-0.3, -0.25) is 10.1 Å². The van der Waals surface area contributed by atoms with Crippen LogP contribution in [0.2, 0.25) is 0 Å². The summed E-state index contributed by atoms with van der Waals surface area (Å²) in [5.74, 6) is 0.317. The second-order valence-corrected chi connectivity index (χ2v) is 3.82. The van der Waals surface area contributed by atoms with Crippen molar-refractivity contribution in [2.45, 2.75) is 13.0 Å². The van der Waals surface area contributed by atoms with Crippen molar-refractivity contribution < 1.29 is 14.8 Å². The van der Waals surface area contributed by atoms with E-state index in [9.17, 15) is 15.2 Å². The zero-order valence-corrected chi connectivity index (χ0v) is 11.0. The van der Waals surface area contributed by atoms with Gasteiger partial charge in [0.1, 0.15) is 5.69 Å². The fourth-order valence-corrected chi connectivity index (χ4v) is 1.53. The van der Waals surface area contributed by atoms with Crippen LogP contribution >= 0.6 is 0 Å². The number of anilines is 2. The van der Waals surface area contributed by atoms with Gasteiger partial charge in [-0.2, -0.15) is 4.98 Å². The molecular formula is C10H17N5O4. The third-order valence-corrected chi connectivity index (χ3v) is 2.39. The summed E-state index contributed by atoms with van der Waals surface area (Å²) in [6.45, 7) is 1.49. The summed E-state index contributed by atoms with van der Waals surface area (Å²) in [4.78, 5) is 18.4. The van der Waals surface area contributed by atoms with E-state index in [1.165, 1.54) is 14.0 Å². The smallest absolute Gasteiger partial charge is 0.332 e. The van der Waals surface area contributed by atoms with Crippen molar-refractivity contribution in [3.8, 4) is 0 Å². The standard InChI is InChI=1S/C10H17N5O4/c1-6-8(15(17)18)9(14-10(11-2)12-6)13-7(4-16)5-19-3/h7,16H,4-5H2,1-3H3,(H2,11,12,13,14). The van der Waals surface area contributed by atoms with Gasteiger partial charge in [0, 0.05) is 14.2 Å². The molecule has 1 aromatic heterocycles. The zero-order chi connectivity index (χ0) is 14.4.